The zero-order valence-corrected chi connectivity index (χ0v) is 7.75. The molecule has 0 unspecified atom stereocenters. The maximum Gasteiger partial charge on any atom is 0.422 e. The first-order valence-electron chi connectivity index (χ1n) is 4.23. The van der Waals surface area contributed by atoms with Crippen molar-refractivity contribution in [1.82, 2.24) is 0 Å². The number of carbonyl (C=O) groups is 1. The number of aldehydes is 1. The number of halogens is 3. The second kappa shape index (κ2) is 4.82. The number of alkyl halides is 3. The Morgan fingerprint density at radius 3 is 2.27 bits per heavy atom. The van der Waals surface area contributed by atoms with Crippen LogP contribution in [0.25, 0.3) is 0 Å². The van der Waals surface area contributed by atoms with Crippen molar-refractivity contribution < 1.29 is 22.7 Å². The first-order valence-corrected chi connectivity index (χ1v) is 4.23. The Hall–Kier alpha value is -1.52. The van der Waals surface area contributed by atoms with Gasteiger partial charge in [-0.3, -0.25) is 0 Å². The summed E-state index contributed by atoms with van der Waals surface area (Å²) in [6, 6.07) is 5.93. The van der Waals surface area contributed by atoms with Crippen LogP contribution in [0.5, 0.6) is 5.75 Å². The van der Waals surface area contributed by atoms with Crippen LogP contribution in [-0.4, -0.2) is 19.1 Å². The Morgan fingerprint density at radius 2 is 1.80 bits per heavy atom. The minimum Gasteiger partial charge on any atom is -0.484 e. The topological polar surface area (TPSA) is 26.3 Å². The normalized spacial score (nSPS) is 11.1. The van der Waals surface area contributed by atoms with Crippen molar-refractivity contribution in [3.05, 3.63) is 29.8 Å². The third kappa shape index (κ3) is 4.49. The van der Waals surface area contributed by atoms with Crippen LogP contribution in [0.1, 0.15) is 5.56 Å². The fourth-order valence-corrected chi connectivity index (χ4v) is 0.983. The van der Waals surface area contributed by atoms with Crippen LogP contribution < -0.4 is 4.74 Å². The highest BCUT2D eigenvalue weighted by Crippen LogP contribution is 2.18. The molecule has 1 rings (SSSR count). The van der Waals surface area contributed by atoms with Crippen molar-refractivity contribution in [1.29, 1.82) is 0 Å². The van der Waals surface area contributed by atoms with Gasteiger partial charge < -0.3 is 9.53 Å². The Balaban J connectivity index is 2.53. The summed E-state index contributed by atoms with van der Waals surface area (Å²) in [5.74, 6) is 0.141. The lowest BCUT2D eigenvalue weighted by Crippen LogP contribution is -2.19. The fraction of sp³-hybridized carbons (Fsp3) is 0.300. The van der Waals surface area contributed by atoms with Gasteiger partial charge >= 0.3 is 6.18 Å². The van der Waals surface area contributed by atoms with E-state index in [0.29, 0.717) is 0 Å². The van der Waals surface area contributed by atoms with E-state index in [4.69, 9.17) is 0 Å². The lowest BCUT2D eigenvalue weighted by Gasteiger charge is -2.08. The van der Waals surface area contributed by atoms with Gasteiger partial charge in [0.15, 0.2) is 6.61 Å². The number of ether oxygens (including phenoxy) is 1. The Bertz CT molecular complexity index is 316. The molecule has 0 bridgehead atoms. The molecule has 0 spiro atoms. The van der Waals surface area contributed by atoms with Crippen molar-refractivity contribution in [3.63, 3.8) is 0 Å². The quantitative estimate of drug-likeness (QED) is 0.725. The molecule has 5 heteroatoms. The van der Waals surface area contributed by atoms with E-state index in [1.165, 1.54) is 12.1 Å². The van der Waals surface area contributed by atoms with E-state index < -0.39 is 12.8 Å². The summed E-state index contributed by atoms with van der Waals surface area (Å²) in [6.45, 7) is -1.31. The zero-order chi connectivity index (χ0) is 11.3. The van der Waals surface area contributed by atoms with Crippen LogP contribution in [0.2, 0.25) is 0 Å². The van der Waals surface area contributed by atoms with Crippen LogP contribution in [-0.2, 0) is 11.2 Å². The summed E-state index contributed by atoms with van der Waals surface area (Å²) >= 11 is 0. The van der Waals surface area contributed by atoms with E-state index in [2.05, 4.69) is 4.74 Å². The lowest BCUT2D eigenvalue weighted by molar-refractivity contribution is -0.153. The van der Waals surface area contributed by atoms with Gasteiger partial charge in [-0.25, -0.2) is 0 Å². The van der Waals surface area contributed by atoms with Crippen LogP contribution >= 0.6 is 0 Å². The van der Waals surface area contributed by atoms with Crippen LogP contribution in [0.3, 0.4) is 0 Å². The fourth-order valence-electron chi connectivity index (χ4n) is 0.983. The summed E-state index contributed by atoms with van der Waals surface area (Å²) in [5.41, 5.74) is 0.740. The predicted molar refractivity (Wildman–Crippen MR) is 47.8 cm³/mol. The zero-order valence-electron chi connectivity index (χ0n) is 7.75. The molecule has 0 saturated heterocycles. The summed E-state index contributed by atoms with van der Waals surface area (Å²) < 4.78 is 39.8. The van der Waals surface area contributed by atoms with Crippen molar-refractivity contribution in [3.8, 4) is 5.75 Å². The monoisotopic (exact) mass is 218 g/mol. The maximum absolute atomic E-state index is 11.8. The summed E-state index contributed by atoms with van der Waals surface area (Å²) in [6.07, 6.45) is -3.35. The largest absolute Gasteiger partial charge is 0.484 e. The molecule has 0 saturated carbocycles. The molecular weight excluding hydrogens is 209 g/mol. The molecule has 1 aromatic carbocycles. The molecule has 0 radical (unpaired) electrons. The molecule has 0 aliphatic rings. The second-order valence-corrected chi connectivity index (χ2v) is 2.92. The minimum absolute atomic E-state index is 0.141. The standard InChI is InChI=1S/C10H9F3O2/c11-10(12,13)7-15-9-3-1-8(2-4-9)5-6-14/h1-4,6H,5,7H2. The number of hydrogen-bond acceptors (Lipinski definition) is 2. The van der Waals surface area contributed by atoms with Gasteiger partial charge in [-0.2, -0.15) is 13.2 Å². The van der Waals surface area contributed by atoms with E-state index in [0.717, 1.165) is 11.8 Å². The highest BCUT2D eigenvalue weighted by atomic mass is 19.4. The molecule has 0 aliphatic heterocycles. The lowest BCUT2D eigenvalue weighted by atomic mass is 10.2. The van der Waals surface area contributed by atoms with E-state index in [-0.39, 0.29) is 12.2 Å². The highest BCUT2D eigenvalue weighted by molar-refractivity contribution is 5.55. The molecule has 0 heterocycles. The molecule has 1 aromatic rings. The molecule has 0 amide bonds. The van der Waals surface area contributed by atoms with Gasteiger partial charge in [0.1, 0.15) is 12.0 Å². The van der Waals surface area contributed by atoms with Crippen LogP contribution in [0.15, 0.2) is 24.3 Å². The summed E-state index contributed by atoms with van der Waals surface area (Å²) in [5, 5.41) is 0. The number of benzene rings is 1. The Morgan fingerprint density at radius 1 is 1.20 bits per heavy atom. The van der Waals surface area contributed by atoms with Crippen molar-refractivity contribution in [2.24, 2.45) is 0 Å². The third-order valence-electron chi connectivity index (χ3n) is 1.64. The third-order valence-corrected chi connectivity index (χ3v) is 1.64. The minimum atomic E-state index is -4.33. The molecule has 0 atom stereocenters. The van der Waals surface area contributed by atoms with Crippen molar-refractivity contribution in [2.75, 3.05) is 6.61 Å². The van der Waals surface area contributed by atoms with E-state index in [1.807, 2.05) is 0 Å². The molecular formula is C10H9F3O2. The smallest absolute Gasteiger partial charge is 0.422 e. The summed E-state index contributed by atoms with van der Waals surface area (Å²) in [4.78, 5) is 10.1. The number of rotatable bonds is 4. The molecule has 15 heavy (non-hydrogen) atoms. The van der Waals surface area contributed by atoms with Gasteiger partial charge in [-0.05, 0) is 17.7 Å². The van der Waals surface area contributed by atoms with Crippen LogP contribution in [0, 0.1) is 0 Å². The molecule has 0 fully saturated rings. The highest BCUT2D eigenvalue weighted by Gasteiger charge is 2.28. The Labute approximate surface area is 84.7 Å². The second-order valence-electron chi connectivity index (χ2n) is 2.92. The Kier molecular flexibility index (Phi) is 3.71. The predicted octanol–water partition coefficient (Wildman–Crippen LogP) is 2.37. The van der Waals surface area contributed by atoms with E-state index in [1.54, 1.807) is 12.1 Å². The van der Waals surface area contributed by atoms with Gasteiger partial charge in [0.25, 0.3) is 0 Å². The summed E-state index contributed by atoms with van der Waals surface area (Å²) in [7, 11) is 0. The number of hydrogen-bond donors (Lipinski definition) is 0. The van der Waals surface area contributed by atoms with Crippen molar-refractivity contribution >= 4 is 6.29 Å². The van der Waals surface area contributed by atoms with Crippen molar-refractivity contribution in [2.45, 2.75) is 12.6 Å². The van der Waals surface area contributed by atoms with Gasteiger partial charge in [0, 0.05) is 6.42 Å². The molecule has 2 nitrogen and oxygen atoms in total. The van der Waals surface area contributed by atoms with Gasteiger partial charge in [0.2, 0.25) is 0 Å². The van der Waals surface area contributed by atoms with Gasteiger partial charge in [0.05, 0.1) is 0 Å². The van der Waals surface area contributed by atoms with Crippen LogP contribution in [0.4, 0.5) is 13.2 Å². The van der Waals surface area contributed by atoms with Gasteiger partial charge in [-0.15, -0.1) is 0 Å². The molecule has 0 N–H and O–H groups in total. The first-order chi connectivity index (χ1) is 7.01. The van der Waals surface area contributed by atoms with E-state index in [9.17, 15) is 18.0 Å². The van der Waals surface area contributed by atoms with E-state index >= 15 is 0 Å². The van der Waals surface area contributed by atoms with Gasteiger partial charge in [-0.1, -0.05) is 12.1 Å². The SMILES string of the molecule is O=CCc1ccc(OCC(F)(F)F)cc1. The first kappa shape index (κ1) is 11.6. The maximum atomic E-state index is 11.8. The average molecular weight is 218 g/mol. The molecule has 0 aliphatic carbocycles. The average Bonchev–Trinajstić information content (AvgIpc) is 2.16. The molecule has 82 valence electrons. The molecule has 0 aromatic heterocycles. The number of carbonyl (C=O) groups excluding carboxylic acids is 1.